The average molecular weight is 326 g/mol. The molecule has 0 spiro atoms. The zero-order valence-corrected chi connectivity index (χ0v) is 14.6. The molecule has 0 amide bonds. The molecule has 124 valence electrons. The van der Waals surface area contributed by atoms with Crippen molar-refractivity contribution in [3.05, 3.63) is 34.9 Å². The molecule has 5 heteroatoms. The molecule has 2 atom stereocenters. The summed E-state index contributed by atoms with van der Waals surface area (Å²) in [6, 6.07) is 8.18. The highest BCUT2D eigenvalue weighted by Gasteiger charge is 2.20. The van der Waals surface area contributed by atoms with E-state index in [0.717, 1.165) is 37.7 Å². The van der Waals surface area contributed by atoms with E-state index in [-0.39, 0.29) is 12.1 Å². The number of aliphatic hydroxyl groups excluding tert-OH is 1. The Morgan fingerprint density at radius 1 is 1.27 bits per heavy atom. The first-order valence-corrected chi connectivity index (χ1v) is 8.38. The average Bonchev–Trinajstić information content (AvgIpc) is 2.48. The Hall–Kier alpha value is -0.650. The van der Waals surface area contributed by atoms with Crippen molar-refractivity contribution in [2.24, 2.45) is 0 Å². The van der Waals surface area contributed by atoms with Gasteiger partial charge in [0.1, 0.15) is 0 Å². The van der Waals surface area contributed by atoms with Crippen LogP contribution in [-0.4, -0.2) is 79.3 Å². The molecule has 2 rings (SSSR count). The maximum absolute atomic E-state index is 10.4. The molecule has 1 aliphatic heterocycles. The van der Waals surface area contributed by atoms with Gasteiger partial charge in [0.25, 0.3) is 0 Å². The molecule has 0 aromatic heterocycles. The number of benzene rings is 1. The fourth-order valence-electron chi connectivity index (χ4n) is 2.90. The standard InChI is InChI=1S/C17H28ClN3O/c1-14(15-5-4-6-16(18)11-15)20(3)12-17(22)13-21-9-7-19(2)8-10-21/h4-6,11,14,17,22H,7-10,12-13H2,1-3H3. The second-order valence-corrected chi connectivity index (χ2v) is 6.86. The Bertz CT molecular complexity index is 463. The smallest absolute Gasteiger partial charge is 0.0793 e. The van der Waals surface area contributed by atoms with Crippen LogP contribution in [0.4, 0.5) is 0 Å². The topological polar surface area (TPSA) is 30.0 Å². The second-order valence-electron chi connectivity index (χ2n) is 6.43. The Labute approximate surface area is 139 Å². The quantitative estimate of drug-likeness (QED) is 0.866. The van der Waals surface area contributed by atoms with Crippen molar-refractivity contribution in [3.8, 4) is 0 Å². The first-order valence-electron chi connectivity index (χ1n) is 8.00. The summed E-state index contributed by atoms with van der Waals surface area (Å²) in [6.07, 6.45) is -0.324. The minimum atomic E-state index is -0.324. The van der Waals surface area contributed by atoms with Crippen molar-refractivity contribution in [2.45, 2.75) is 19.1 Å². The summed E-state index contributed by atoms with van der Waals surface area (Å²) in [7, 11) is 4.20. The monoisotopic (exact) mass is 325 g/mol. The lowest BCUT2D eigenvalue weighted by Crippen LogP contribution is -2.48. The van der Waals surface area contributed by atoms with Crippen molar-refractivity contribution in [1.82, 2.24) is 14.7 Å². The highest BCUT2D eigenvalue weighted by Crippen LogP contribution is 2.22. The number of hydrogen-bond acceptors (Lipinski definition) is 4. The van der Waals surface area contributed by atoms with E-state index in [1.165, 1.54) is 5.56 Å². The number of likely N-dealkylation sites (N-methyl/N-ethyl adjacent to an activating group) is 2. The van der Waals surface area contributed by atoms with E-state index in [4.69, 9.17) is 11.6 Å². The van der Waals surface area contributed by atoms with Crippen LogP contribution in [0.25, 0.3) is 0 Å². The lowest BCUT2D eigenvalue weighted by Gasteiger charge is -2.35. The van der Waals surface area contributed by atoms with E-state index in [2.05, 4.69) is 41.8 Å². The fourth-order valence-corrected chi connectivity index (χ4v) is 3.10. The third-order valence-electron chi connectivity index (χ3n) is 4.56. The molecule has 22 heavy (non-hydrogen) atoms. The van der Waals surface area contributed by atoms with Crippen molar-refractivity contribution in [2.75, 3.05) is 53.4 Å². The predicted molar refractivity (Wildman–Crippen MR) is 92.4 cm³/mol. The summed E-state index contributed by atoms with van der Waals surface area (Å²) in [5.41, 5.74) is 1.18. The van der Waals surface area contributed by atoms with Gasteiger partial charge in [-0.3, -0.25) is 9.80 Å². The van der Waals surface area contributed by atoms with Crippen molar-refractivity contribution in [3.63, 3.8) is 0 Å². The fraction of sp³-hybridized carbons (Fsp3) is 0.647. The summed E-state index contributed by atoms with van der Waals surface area (Å²) in [5, 5.41) is 11.1. The number of β-amino-alcohol motifs (C(OH)–C–C–N with tert-alkyl or cyclic N) is 1. The van der Waals surface area contributed by atoms with Gasteiger partial charge in [0.05, 0.1) is 6.10 Å². The van der Waals surface area contributed by atoms with E-state index in [1.54, 1.807) is 0 Å². The highest BCUT2D eigenvalue weighted by molar-refractivity contribution is 6.30. The van der Waals surface area contributed by atoms with Gasteiger partial charge in [-0.05, 0) is 38.7 Å². The van der Waals surface area contributed by atoms with Gasteiger partial charge in [-0.1, -0.05) is 23.7 Å². The van der Waals surface area contributed by atoms with Gasteiger partial charge in [0.2, 0.25) is 0 Å². The lowest BCUT2D eigenvalue weighted by molar-refractivity contribution is 0.0530. The van der Waals surface area contributed by atoms with E-state index in [9.17, 15) is 5.11 Å². The number of piperazine rings is 1. The summed E-state index contributed by atoms with van der Waals surface area (Å²) in [4.78, 5) is 6.87. The van der Waals surface area contributed by atoms with Crippen LogP contribution in [0.5, 0.6) is 0 Å². The second kappa shape index (κ2) is 8.27. The Balaban J connectivity index is 1.81. The molecule has 2 unspecified atom stereocenters. The number of halogens is 1. The van der Waals surface area contributed by atoms with E-state index in [0.29, 0.717) is 6.54 Å². The van der Waals surface area contributed by atoms with Crippen LogP contribution in [0, 0.1) is 0 Å². The van der Waals surface area contributed by atoms with Crippen LogP contribution >= 0.6 is 11.6 Å². The highest BCUT2D eigenvalue weighted by atomic mass is 35.5. The van der Waals surface area contributed by atoms with Crippen molar-refractivity contribution >= 4 is 11.6 Å². The molecular formula is C17H28ClN3O. The number of hydrogen-bond donors (Lipinski definition) is 1. The van der Waals surface area contributed by atoms with Gasteiger partial charge in [-0.25, -0.2) is 0 Å². The maximum Gasteiger partial charge on any atom is 0.0793 e. The minimum Gasteiger partial charge on any atom is -0.390 e. The third kappa shape index (κ3) is 5.21. The molecule has 1 saturated heterocycles. The lowest BCUT2D eigenvalue weighted by atomic mass is 10.1. The molecular weight excluding hydrogens is 298 g/mol. The summed E-state index contributed by atoms with van der Waals surface area (Å²) >= 11 is 6.06. The molecule has 1 aliphatic rings. The Morgan fingerprint density at radius 2 is 1.95 bits per heavy atom. The predicted octanol–water partition coefficient (Wildman–Crippen LogP) is 1.94. The third-order valence-corrected chi connectivity index (χ3v) is 4.79. The minimum absolute atomic E-state index is 0.237. The molecule has 1 aromatic rings. The number of aliphatic hydroxyl groups is 1. The van der Waals surface area contributed by atoms with Crippen molar-refractivity contribution < 1.29 is 5.11 Å². The molecule has 4 nitrogen and oxygen atoms in total. The van der Waals surface area contributed by atoms with Gasteiger partial charge in [-0.2, -0.15) is 0 Å². The Morgan fingerprint density at radius 3 is 2.59 bits per heavy atom. The van der Waals surface area contributed by atoms with Crippen molar-refractivity contribution in [1.29, 1.82) is 0 Å². The van der Waals surface area contributed by atoms with Gasteiger partial charge >= 0.3 is 0 Å². The van der Waals surface area contributed by atoms with Crippen LogP contribution < -0.4 is 0 Å². The van der Waals surface area contributed by atoms with Gasteiger partial charge in [0, 0.05) is 50.3 Å². The van der Waals surface area contributed by atoms with Crippen LogP contribution in [0.1, 0.15) is 18.5 Å². The molecule has 1 N–H and O–H groups in total. The largest absolute Gasteiger partial charge is 0.390 e. The van der Waals surface area contributed by atoms with Gasteiger partial charge < -0.3 is 10.0 Å². The number of rotatable bonds is 6. The van der Waals surface area contributed by atoms with E-state index < -0.39 is 0 Å². The normalized spacial score (nSPS) is 20.3. The first-order chi connectivity index (χ1) is 10.5. The SMILES string of the molecule is CC(c1cccc(Cl)c1)N(C)CC(O)CN1CCN(C)CC1. The summed E-state index contributed by atoms with van der Waals surface area (Å²) in [5.74, 6) is 0. The zero-order valence-electron chi connectivity index (χ0n) is 13.9. The summed E-state index contributed by atoms with van der Waals surface area (Å²) in [6.45, 7) is 7.82. The van der Waals surface area contributed by atoms with E-state index in [1.807, 2.05) is 18.2 Å². The molecule has 1 fully saturated rings. The maximum atomic E-state index is 10.4. The molecule has 1 aromatic carbocycles. The van der Waals surface area contributed by atoms with Crippen LogP contribution in [0.3, 0.4) is 0 Å². The first kappa shape index (κ1) is 17.7. The van der Waals surface area contributed by atoms with Gasteiger partial charge in [0.15, 0.2) is 0 Å². The Kier molecular flexibility index (Phi) is 6.66. The van der Waals surface area contributed by atoms with Crippen LogP contribution in [0.2, 0.25) is 5.02 Å². The summed E-state index contributed by atoms with van der Waals surface area (Å²) < 4.78 is 0. The van der Waals surface area contributed by atoms with E-state index >= 15 is 0 Å². The van der Waals surface area contributed by atoms with Gasteiger partial charge in [-0.15, -0.1) is 0 Å². The molecule has 0 bridgehead atoms. The molecule has 1 heterocycles. The molecule has 0 saturated carbocycles. The number of nitrogens with zero attached hydrogens (tertiary/aromatic N) is 3. The molecule has 0 radical (unpaired) electrons. The van der Waals surface area contributed by atoms with Crippen LogP contribution in [-0.2, 0) is 0 Å². The zero-order chi connectivity index (χ0) is 16.1. The van der Waals surface area contributed by atoms with Crippen LogP contribution in [0.15, 0.2) is 24.3 Å². The molecule has 0 aliphatic carbocycles.